The Morgan fingerprint density at radius 1 is 1.06 bits per heavy atom. The van der Waals surface area contributed by atoms with Crippen LogP contribution >= 0.6 is 0 Å². The first-order valence-electron chi connectivity index (χ1n) is 12.1. The minimum Gasteiger partial charge on any atom is -0.497 e. The monoisotopic (exact) mass is 428 g/mol. The van der Waals surface area contributed by atoms with Gasteiger partial charge in [-0.2, -0.15) is 0 Å². The van der Waals surface area contributed by atoms with Crippen molar-refractivity contribution in [2.75, 3.05) is 13.7 Å². The highest BCUT2D eigenvalue weighted by Gasteiger charge is 2.60. The van der Waals surface area contributed by atoms with Gasteiger partial charge in [0.25, 0.3) is 0 Å². The van der Waals surface area contributed by atoms with E-state index in [4.69, 9.17) is 4.74 Å². The molecule has 0 saturated heterocycles. The third-order valence-corrected chi connectivity index (χ3v) is 8.60. The van der Waals surface area contributed by atoms with Gasteiger partial charge in [0.05, 0.1) is 12.5 Å². The van der Waals surface area contributed by atoms with E-state index in [1.54, 1.807) is 7.11 Å². The number of hydrogen-bond donors (Lipinski definition) is 2. The fourth-order valence-electron chi connectivity index (χ4n) is 7.65. The number of ether oxygens (including phenoxy) is 1. The Balaban J connectivity index is 1.19. The average Bonchev–Trinajstić information content (AvgIpc) is 3.21. The molecular weight excluding hydrogens is 396 g/mol. The van der Waals surface area contributed by atoms with Crippen LogP contribution in [0, 0.1) is 17.3 Å². The van der Waals surface area contributed by atoms with Gasteiger partial charge < -0.3 is 15.0 Å². The molecule has 32 heavy (non-hydrogen) atoms. The van der Waals surface area contributed by atoms with Crippen molar-refractivity contribution in [1.29, 1.82) is 0 Å². The van der Waals surface area contributed by atoms with Crippen LogP contribution in [0.3, 0.4) is 0 Å². The van der Waals surface area contributed by atoms with Crippen molar-refractivity contribution >= 4 is 16.8 Å². The Hall–Kier alpha value is -2.75. The lowest BCUT2D eigenvalue weighted by molar-refractivity contribution is -0.149. The molecule has 4 aliphatic carbocycles. The molecule has 7 rings (SSSR count). The maximum Gasteiger partial charge on any atom is 0.226 e. The first kappa shape index (κ1) is 19.9. The van der Waals surface area contributed by atoms with Gasteiger partial charge in [0, 0.05) is 23.6 Å². The number of fused-ring (bicyclic) bond motifs is 1. The summed E-state index contributed by atoms with van der Waals surface area (Å²) in [5.74, 6) is 2.56. The van der Waals surface area contributed by atoms with Crippen LogP contribution in [0.25, 0.3) is 10.9 Å². The molecule has 0 spiro atoms. The number of aromatic nitrogens is 1. The van der Waals surface area contributed by atoms with E-state index >= 15 is 0 Å². The number of hydrogen-bond acceptors (Lipinski definition) is 2. The second kappa shape index (κ2) is 7.40. The maximum atomic E-state index is 13.6. The quantitative estimate of drug-likeness (QED) is 0.554. The molecule has 4 heteroatoms. The summed E-state index contributed by atoms with van der Waals surface area (Å²) in [6, 6.07) is 17.0. The lowest BCUT2D eigenvalue weighted by atomic mass is 9.42. The number of rotatable bonds is 6. The SMILES string of the molecule is COc1ccc(C23CC4CC(CC(C(=O)NCCc5c[nH]c6ccccc56)(C4)C2)C3)cc1. The van der Waals surface area contributed by atoms with Gasteiger partial charge in [0.1, 0.15) is 5.75 Å². The number of H-pyrrole nitrogens is 1. The maximum absolute atomic E-state index is 13.6. The van der Waals surface area contributed by atoms with Crippen LogP contribution in [0.5, 0.6) is 5.75 Å². The van der Waals surface area contributed by atoms with Gasteiger partial charge in [0.2, 0.25) is 5.91 Å². The molecule has 4 saturated carbocycles. The first-order chi connectivity index (χ1) is 15.6. The highest BCUT2D eigenvalue weighted by Crippen LogP contribution is 2.65. The van der Waals surface area contributed by atoms with Crippen LogP contribution in [0.1, 0.15) is 49.7 Å². The fraction of sp³-hybridized carbons (Fsp3) is 0.464. The number of carbonyl (C=O) groups is 1. The Morgan fingerprint density at radius 2 is 1.81 bits per heavy atom. The molecule has 4 bridgehead atoms. The second-order valence-corrected chi connectivity index (χ2v) is 10.6. The van der Waals surface area contributed by atoms with Crippen LogP contribution in [-0.4, -0.2) is 24.5 Å². The summed E-state index contributed by atoms with van der Waals surface area (Å²) in [6.07, 6.45) is 9.87. The van der Waals surface area contributed by atoms with Crippen molar-refractivity contribution in [3.8, 4) is 5.75 Å². The molecular formula is C28H32N2O2. The van der Waals surface area contributed by atoms with Gasteiger partial charge in [-0.15, -0.1) is 0 Å². The van der Waals surface area contributed by atoms with E-state index in [2.05, 4.69) is 65.0 Å². The molecule has 1 amide bonds. The predicted molar refractivity (Wildman–Crippen MR) is 127 cm³/mol. The number of para-hydroxylation sites is 1. The number of benzene rings is 2. The van der Waals surface area contributed by atoms with Gasteiger partial charge in [-0.05, 0) is 91.5 Å². The summed E-state index contributed by atoms with van der Waals surface area (Å²) in [5, 5.41) is 4.62. The third kappa shape index (κ3) is 3.15. The summed E-state index contributed by atoms with van der Waals surface area (Å²) < 4.78 is 5.38. The zero-order valence-electron chi connectivity index (χ0n) is 18.8. The number of aromatic amines is 1. The molecule has 166 valence electrons. The summed E-state index contributed by atoms with van der Waals surface area (Å²) in [4.78, 5) is 17.0. The molecule has 3 aromatic rings. The molecule has 4 nitrogen and oxygen atoms in total. The minimum atomic E-state index is -0.190. The van der Waals surface area contributed by atoms with E-state index in [1.165, 1.54) is 35.8 Å². The number of amides is 1. The van der Waals surface area contributed by atoms with Crippen molar-refractivity contribution in [2.24, 2.45) is 17.3 Å². The van der Waals surface area contributed by atoms with E-state index in [-0.39, 0.29) is 10.8 Å². The number of nitrogens with one attached hydrogen (secondary N) is 2. The smallest absolute Gasteiger partial charge is 0.226 e. The van der Waals surface area contributed by atoms with Crippen molar-refractivity contribution in [1.82, 2.24) is 10.3 Å². The molecule has 2 unspecified atom stereocenters. The van der Waals surface area contributed by atoms with Crippen LogP contribution in [-0.2, 0) is 16.6 Å². The molecule has 4 fully saturated rings. The highest BCUT2D eigenvalue weighted by molar-refractivity contribution is 5.84. The lowest BCUT2D eigenvalue weighted by Gasteiger charge is -2.61. The molecule has 0 aliphatic heterocycles. The number of carbonyl (C=O) groups excluding carboxylic acids is 1. The van der Waals surface area contributed by atoms with Crippen LogP contribution in [0.15, 0.2) is 54.7 Å². The largest absolute Gasteiger partial charge is 0.497 e. The summed E-state index contributed by atoms with van der Waals surface area (Å²) in [7, 11) is 1.72. The Bertz CT molecular complexity index is 1130. The highest BCUT2D eigenvalue weighted by atomic mass is 16.5. The summed E-state index contributed by atoms with van der Waals surface area (Å²) in [5.41, 5.74) is 3.82. The molecule has 0 radical (unpaired) electrons. The molecule has 2 N–H and O–H groups in total. The molecule has 4 aliphatic rings. The third-order valence-electron chi connectivity index (χ3n) is 8.60. The second-order valence-electron chi connectivity index (χ2n) is 10.6. The van der Waals surface area contributed by atoms with Gasteiger partial charge in [-0.1, -0.05) is 30.3 Å². The van der Waals surface area contributed by atoms with Crippen molar-refractivity contribution < 1.29 is 9.53 Å². The standard InChI is InChI=1S/C28H32N2O2/c1-32-23-8-6-22(7-9-23)27-13-19-12-20(14-27)16-28(15-19,18-27)26(31)29-11-10-21-17-30-25-5-3-2-4-24(21)25/h2-9,17,19-20,30H,10-16,18H2,1H3,(H,29,31). The van der Waals surface area contributed by atoms with Crippen LogP contribution < -0.4 is 10.1 Å². The van der Waals surface area contributed by atoms with Crippen molar-refractivity contribution in [3.63, 3.8) is 0 Å². The molecule has 1 heterocycles. The predicted octanol–water partition coefficient (Wildman–Crippen LogP) is 5.37. The molecule has 2 atom stereocenters. The number of methoxy groups -OCH3 is 1. The average molecular weight is 429 g/mol. The van der Waals surface area contributed by atoms with E-state index in [1.807, 2.05) is 0 Å². The Kier molecular flexibility index (Phi) is 4.60. The van der Waals surface area contributed by atoms with Crippen LogP contribution in [0.2, 0.25) is 0 Å². The van der Waals surface area contributed by atoms with E-state index in [9.17, 15) is 4.79 Å². The first-order valence-corrected chi connectivity index (χ1v) is 12.1. The Labute approximate surface area is 189 Å². The van der Waals surface area contributed by atoms with E-state index in [0.717, 1.165) is 36.9 Å². The van der Waals surface area contributed by atoms with E-state index < -0.39 is 0 Å². The van der Waals surface area contributed by atoms with Gasteiger partial charge in [0.15, 0.2) is 0 Å². The van der Waals surface area contributed by atoms with Crippen molar-refractivity contribution in [2.45, 2.75) is 50.4 Å². The minimum absolute atomic E-state index is 0.157. The fourth-order valence-corrected chi connectivity index (χ4v) is 7.65. The van der Waals surface area contributed by atoms with Crippen LogP contribution in [0.4, 0.5) is 0 Å². The normalized spacial score (nSPS) is 30.5. The van der Waals surface area contributed by atoms with Gasteiger partial charge in [-0.3, -0.25) is 4.79 Å². The zero-order valence-corrected chi connectivity index (χ0v) is 18.8. The summed E-state index contributed by atoms with van der Waals surface area (Å²) in [6.45, 7) is 0.702. The topological polar surface area (TPSA) is 54.1 Å². The zero-order chi connectivity index (χ0) is 21.8. The Morgan fingerprint density at radius 3 is 2.56 bits per heavy atom. The van der Waals surface area contributed by atoms with E-state index in [0.29, 0.717) is 24.3 Å². The molecule has 1 aromatic heterocycles. The van der Waals surface area contributed by atoms with Crippen molar-refractivity contribution in [3.05, 3.63) is 65.9 Å². The van der Waals surface area contributed by atoms with Gasteiger partial charge in [-0.25, -0.2) is 0 Å². The summed E-state index contributed by atoms with van der Waals surface area (Å²) >= 11 is 0. The molecule has 2 aromatic carbocycles. The van der Waals surface area contributed by atoms with Gasteiger partial charge >= 0.3 is 0 Å². The lowest BCUT2D eigenvalue weighted by Crippen LogP contribution is -2.59.